The molecule has 0 radical (unpaired) electrons. The Hall–Kier alpha value is -1.39. The summed E-state index contributed by atoms with van der Waals surface area (Å²) in [7, 11) is 3.62. The van der Waals surface area contributed by atoms with E-state index in [-0.39, 0.29) is 24.1 Å². The molecule has 5 heteroatoms. The largest absolute Gasteiger partial charge is 0.340 e. The summed E-state index contributed by atoms with van der Waals surface area (Å²) in [6.07, 6.45) is 0.482. The predicted octanol–water partition coefficient (Wildman–Crippen LogP) is 1.99. The van der Waals surface area contributed by atoms with Crippen molar-refractivity contribution in [1.82, 2.24) is 10.2 Å². The van der Waals surface area contributed by atoms with Crippen molar-refractivity contribution in [1.29, 1.82) is 0 Å². The highest BCUT2D eigenvalue weighted by Gasteiger charge is 2.11. The van der Waals surface area contributed by atoms with Gasteiger partial charge in [0.1, 0.15) is 0 Å². The summed E-state index contributed by atoms with van der Waals surface area (Å²) in [5.41, 5.74) is 1.27. The molecule has 1 amide bonds. The Morgan fingerprint density at radius 2 is 1.68 bits per heavy atom. The lowest BCUT2D eigenvalue weighted by molar-refractivity contribution is 0.0796. The molecule has 19 heavy (non-hydrogen) atoms. The second kappa shape index (κ2) is 8.67. The van der Waals surface area contributed by atoms with Crippen LogP contribution in [0.4, 0.5) is 0 Å². The molecule has 0 bridgehead atoms. The molecule has 1 aromatic rings. The lowest BCUT2D eigenvalue weighted by Gasteiger charge is -2.16. The number of ketones is 1. The van der Waals surface area contributed by atoms with Gasteiger partial charge in [0.25, 0.3) is 5.91 Å². The van der Waals surface area contributed by atoms with Gasteiger partial charge in [0.15, 0.2) is 5.78 Å². The third-order valence-corrected chi connectivity index (χ3v) is 2.82. The summed E-state index contributed by atoms with van der Waals surface area (Å²) in [4.78, 5) is 25.1. The maximum absolute atomic E-state index is 12.0. The minimum absolute atomic E-state index is 0. The van der Waals surface area contributed by atoms with Gasteiger partial charge in [-0.15, -0.1) is 12.4 Å². The van der Waals surface area contributed by atoms with Crippen LogP contribution in [0, 0.1) is 0 Å². The highest BCUT2D eigenvalue weighted by molar-refractivity contribution is 5.98. The number of nitrogens with one attached hydrogen (secondary N) is 1. The zero-order valence-electron chi connectivity index (χ0n) is 11.6. The fourth-order valence-electron chi connectivity index (χ4n) is 1.60. The monoisotopic (exact) mass is 284 g/mol. The molecule has 0 fully saturated rings. The van der Waals surface area contributed by atoms with E-state index >= 15 is 0 Å². The van der Waals surface area contributed by atoms with Gasteiger partial charge in [0, 0.05) is 37.7 Å². The molecule has 0 spiro atoms. The number of Topliss-reactive ketones (excluding diaryl/α,β-unsaturated/α-hetero) is 1. The molecule has 0 saturated heterocycles. The summed E-state index contributed by atoms with van der Waals surface area (Å²) in [5.74, 6) is 0.0679. The van der Waals surface area contributed by atoms with Crippen LogP contribution in [0.2, 0.25) is 0 Å². The number of amides is 1. The molecular formula is C14H21ClN2O2. The van der Waals surface area contributed by atoms with Crippen LogP contribution in [0.15, 0.2) is 24.3 Å². The standard InChI is InChI=1S/C14H20N2O2.ClH/c1-4-13(17)11-5-7-12(8-6-11)14(18)16(3)10-9-15-2;/h5-8,15H,4,9-10H2,1-3H3;1H. The first-order chi connectivity index (χ1) is 8.60. The van der Waals surface area contributed by atoms with Crippen molar-refractivity contribution in [2.75, 3.05) is 27.2 Å². The van der Waals surface area contributed by atoms with Crippen LogP contribution in [-0.4, -0.2) is 43.8 Å². The second-order valence-corrected chi connectivity index (χ2v) is 4.18. The van der Waals surface area contributed by atoms with E-state index in [1.807, 2.05) is 14.0 Å². The van der Waals surface area contributed by atoms with Crippen LogP contribution in [0.5, 0.6) is 0 Å². The molecule has 4 nitrogen and oxygen atoms in total. The minimum atomic E-state index is -0.0271. The smallest absolute Gasteiger partial charge is 0.253 e. The average molecular weight is 285 g/mol. The maximum atomic E-state index is 12.0. The number of carbonyl (C=O) groups excluding carboxylic acids is 2. The quantitative estimate of drug-likeness (QED) is 0.813. The van der Waals surface area contributed by atoms with Crippen molar-refractivity contribution in [3.63, 3.8) is 0 Å². The molecule has 0 aliphatic rings. The Labute approximate surface area is 120 Å². The molecule has 0 aliphatic carbocycles. The number of hydrogen-bond donors (Lipinski definition) is 1. The highest BCUT2D eigenvalue weighted by atomic mass is 35.5. The number of carbonyl (C=O) groups is 2. The molecule has 1 rings (SSSR count). The molecule has 0 aliphatic heterocycles. The van der Waals surface area contributed by atoms with E-state index < -0.39 is 0 Å². The summed E-state index contributed by atoms with van der Waals surface area (Å²) >= 11 is 0. The number of benzene rings is 1. The van der Waals surface area contributed by atoms with Gasteiger partial charge in [-0.05, 0) is 19.2 Å². The highest BCUT2D eigenvalue weighted by Crippen LogP contribution is 2.08. The number of nitrogens with zero attached hydrogens (tertiary/aromatic N) is 1. The fraction of sp³-hybridized carbons (Fsp3) is 0.429. The number of hydrogen-bond acceptors (Lipinski definition) is 3. The zero-order chi connectivity index (χ0) is 13.5. The molecule has 0 aromatic heterocycles. The molecule has 1 aromatic carbocycles. The van der Waals surface area contributed by atoms with Crippen molar-refractivity contribution >= 4 is 24.1 Å². The average Bonchev–Trinajstić information content (AvgIpc) is 2.43. The van der Waals surface area contributed by atoms with Gasteiger partial charge in [-0.25, -0.2) is 0 Å². The number of likely N-dealkylation sites (N-methyl/N-ethyl adjacent to an activating group) is 2. The van der Waals surface area contributed by atoms with E-state index in [2.05, 4.69) is 5.32 Å². The fourth-order valence-corrected chi connectivity index (χ4v) is 1.60. The lowest BCUT2D eigenvalue weighted by atomic mass is 10.1. The first-order valence-electron chi connectivity index (χ1n) is 6.13. The van der Waals surface area contributed by atoms with Gasteiger partial charge in [0.05, 0.1) is 0 Å². The van der Waals surface area contributed by atoms with Gasteiger partial charge in [-0.3, -0.25) is 9.59 Å². The minimum Gasteiger partial charge on any atom is -0.340 e. The van der Waals surface area contributed by atoms with Crippen LogP contribution >= 0.6 is 12.4 Å². The van der Waals surface area contributed by atoms with Crippen molar-refractivity contribution in [3.8, 4) is 0 Å². The van der Waals surface area contributed by atoms with E-state index in [0.29, 0.717) is 24.1 Å². The van der Waals surface area contributed by atoms with E-state index in [1.54, 1.807) is 36.2 Å². The normalized spacial score (nSPS) is 9.63. The summed E-state index contributed by atoms with van der Waals surface area (Å²) < 4.78 is 0. The van der Waals surface area contributed by atoms with Crippen LogP contribution in [-0.2, 0) is 0 Å². The Kier molecular flexibility index (Phi) is 8.03. The van der Waals surface area contributed by atoms with Crippen LogP contribution in [0.1, 0.15) is 34.1 Å². The zero-order valence-corrected chi connectivity index (χ0v) is 12.4. The Balaban J connectivity index is 0.00000324. The predicted molar refractivity (Wildman–Crippen MR) is 79.2 cm³/mol. The van der Waals surface area contributed by atoms with Crippen LogP contribution in [0.25, 0.3) is 0 Å². The summed E-state index contributed by atoms with van der Waals surface area (Å²) in [6, 6.07) is 6.85. The molecule has 0 saturated carbocycles. The topological polar surface area (TPSA) is 49.4 Å². The van der Waals surface area contributed by atoms with E-state index in [0.717, 1.165) is 6.54 Å². The Morgan fingerprint density at radius 1 is 1.16 bits per heavy atom. The van der Waals surface area contributed by atoms with Gasteiger partial charge < -0.3 is 10.2 Å². The van der Waals surface area contributed by atoms with Crippen molar-refractivity contribution in [2.45, 2.75) is 13.3 Å². The van der Waals surface area contributed by atoms with Crippen LogP contribution in [0.3, 0.4) is 0 Å². The van der Waals surface area contributed by atoms with Gasteiger partial charge in [-0.1, -0.05) is 19.1 Å². The molecule has 0 unspecified atom stereocenters. The van der Waals surface area contributed by atoms with Crippen molar-refractivity contribution in [3.05, 3.63) is 35.4 Å². The third-order valence-electron chi connectivity index (χ3n) is 2.82. The Bertz CT molecular complexity index is 418. The third kappa shape index (κ3) is 5.01. The van der Waals surface area contributed by atoms with Crippen LogP contribution < -0.4 is 5.32 Å². The SMILES string of the molecule is CCC(=O)c1ccc(C(=O)N(C)CCNC)cc1.Cl. The van der Waals surface area contributed by atoms with Crippen molar-refractivity contribution in [2.24, 2.45) is 0 Å². The summed E-state index contributed by atoms with van der Waals surface area (Å²) in [5, 5.41) is 3.00. The molecule has 106 valence electrons. The maximum Gasteiger partial charge on any atom is 0.253 e. The summed E-state index contributed by atoms with van der Waals surface area (Å²) in [6.45, 7) is 3.24. The molecular weight excluding hydrogens is 264 g/mol. The van der Waals surface area contributed by atoms with Crippen molar-refractivity contribution < 1.29 is 9.59 Å². The van der Waals surface area contributed by atoms with E-state index in [1.165, 1.54) is 0 Å². The van der Waals surface area contributed by atoms with Gasteiger partial charge in [0.2, 0.25) is 0 Å². The second-order valence-electron chi connectivity index (χ2n) is 4.18. The first-order valence-corrected chi connectivity index (χ1v) is 6.13. The number of halogens is 1. The first kappa shape index (κ1) is 17.6. The van der Waals surface area contributed by atoms with E-state index in [4.69, 9.17) is 0 Å². The van der Waals surface area contributed by atoms with Gasteiger partial charge in [-0.2, -0.15) is 0 Å². The van der Waals surface area contributed by atoms with Gasteiger partial charge >= 0.3 is 0 Å². The molecule has 1 N–H and O–H groups in total. The van der Waals surface area contributed by atoms with E-state index in [9.17, 15) is 9.59 Å². The molecule has 0 heterocycles. The lowest BCUT2D eigenvalue weighted by Crippen LogP contribution is -2.32. The molecule has 0 atom stereocenters. The Morgan fingerprint density at radius 3 is 2.16 bits per heavy atom. The number of rotatable bonds is 6.